The molecule has 1 aliphatic heterocycles. The lowest BCUT2D eigenvalue weighted by atomic mass is 10.0. The lowest BCUT2D eigenvalue weighted by Gasteiger charge is -2.25. The maximum absolute atomic E-state index is 15.7. The van der Waals surface area contributed by atoms with Crippen molar-refractivity contribution < 1.29 is 37.6 Å². The summed E-state index contributed by atoms with van der Waals surface area (Å²) in [4.78, 5) is 37.0. The van der Waals surface area contributed by atoms with Gasteiger partial charge in [0.15, 0.2) is 17.0 Å². The summed E-state index contributed by atoms with van der Waals surface area (Å²) in [7, 11) is 1.37. The minimum Gasteiger partial charge on any atom is -0.506 e. The third-order valence-corrected chi connectivity index (χ3v) is 6.65. The lowest BCUT2D eigenvalue weighted by molar-refractivity contribution is -0.156. The average Bonchev–Trinajstić information content (AvgIpc) is 3.25. The van der Waals surface area contributed by atoms with Crippen molar-refractivity contribution in [3.05, 3.63) is 29.6 Å². The number of carbonyl (C=O) groups is 3. The summed E-state index contributed by atoms with van der Waals surface area (Å²) in [5.74, 6) is -1.88. The Hall–Kier alpha value is -2.99. The van der Waals surface area contributed by atoms with Crippen LogP contribution in [0, 0.1) is 17.7 Å². The van der Waals surface area contributed by atoms with Gasteiger partial charge in [-0.05, 0) is 43.5 Å². The van der Waals surface area contributed by atoms with Gasteiger partial charge in [0.05, 0.1) is 25.0 Å². The molecule has 2 unspecified atom stereocenters. The third kappa shape index (κ3) is 7.26. The number of aromatic hydroxyl groups is 1. The van der Waals surface area contributed by atoms with Crippen LogP contribution in [0.2, 0.25) is 0 Å². The topological polar surface area (TPSA) is 125 Å². The Bertz CT molecular complexity index is 1020. The fraction of sp³-hybridized carbons (Fsp3) is 0.542. The second-order valence-electron chi connectivity index (χ2n) is 8.98. The molecule has 0 aliphatic carbocycles. The summed E-state index contributed by atoms with van der Waals surface area (Å²) < 4.78 is 41.4. The Kier molecular flexibility index (Phi) is 10.8. The molecule has 0 saturated heterocycles. The van der Waals surface area contributed by atoms with Crippen LogP contribution in [0.5, 0.6) is 5.75 Å². The van der Waals surface area contributed by atoms with Crippen molar-refractivity contribution >= 4 is 40.8 Å². The first-order valence-corrected chi connectivity index (χ1v) is 12.7. The first-order chi connectivity index (χ1) is 17.0. The summed E-state index contributed by atoms with van der Waals surface area (Å²) in [5, 5.41) is 10.3. The van der Waals surface area contributed by atoms with Gasteiger partial charge in [-0.3, -0.25) is 14.0 Å². The van der Waals surface area contributed by atoms with Crippen molar-refractivity contribution in [2.24, 2.45) is 11.8 Å². The Labute approximate surface area is 213 Å². The minimum absolute atomic E-state index is 0.00363. The van der Waals surface area contributed by atoms with E-state index in [1.165, 1.54) is 24.1 Å². The number of ether oxygens (including phenoxy) is 2. The van der Waals surface area contributed by atoms with Gasteiger partial charge < -0.3 is 19.4 Å². The number of aldehydes is 1. The molecule has 1 heterocycles. The molecule has 0 radical (unpaired) electrons. The van der Waals surface area contributed by atoms with Crippen molar-refractivity contribution in [2.75, 3.05) is 31.2 Å². The number of hydrogen-bond donors (Lipinski definition) is 2. The van der Waals surface area contributed by atoms with Gasteiger partial charge in [-0.1, -0.05) is 33.8 Å². The molecule has 0 spiro atoms. The fourth-order valence-electron chi connectivity index (χ4n) is 3.64. The number of halogens is 1. The number of phenols is 1. The van der Waals surface area contributed by atoms with Gasteiger partial charge in [0.25, 0.3) is 0 Å². The Morgan fingerprint density at radius 2 is 2.00 bits per heavy atom. The first kappa shape index (κ1) is 29.2. The molecule has 1 amide bonds. The van der Waals surface area contributed by atoms with E-state index in [1.54, 1.807) is 19.9 Å². The summed E-state index contributed by atoms with van der Waals surface area (Å²) in [5.41, 5.74) is 0.149. The number of anilines is 1. The van der Waals surface area contributed by atoms with E-state index in [1.807, 2.05) is 13.8 Å². The highest BCUT2D eigenvalue weighted by atomic mass is 32.2. The van der Waals surface area contributed by atoms with Crippen molar-refractivity contribution in [3.8, 4) is 5.75 Å². The number of hydrogen-bond acceptors (Lipinski definition) is 7. The summed E-state index contributed by atoms with van der Waals surface area (Å²) in [6, 6.07) is 2.21. The van der Waals surface area contributed by atoms with Crippen LogP contribution in [-0.4, -0.2) is 65.5 Å². The number of rotatable bonds is 12. The van der Waals surface area contributed by atoms with Crippen LogP contribution >= 0.6 is 0 Å². The smallest absolute Gasteiger partial charge is 0.413 e. The molecule has 1 aromatic carbocycles. The van der Waals surface area contributed by atoms with Crippen LogP contribution in [0.15, 0.2) is 18.2 Å². The monoisotopic (exact) mass is 527 g/mol. The number of nitrogens with one attached hydrogen (secondary N) is 1. The van der Waals surface area contributed by atoms with E-state index in [0.717, 1.165) is 10.7 Å². The second-order valence-corrected chi connectivity index (χ2v) is 10.3. The predicted octanol–water partition coefficient (Wildman–Crippen LogP) is 3.13. The van der Waals surface area contributed by atoms with Crippen molar-refractivity contribution in [1.29, 1.82) is 0 Å². The first-order valence-electron chi connectivity index (χ1n) is 11.6. The predicted molar refractivity (Wildman–Crippen MR) is 133 cm³/mol. The van der Waals surface area contributed by atoms with Crippen molar-refractivity contribution in [3.63, 3.8) is 0 Å². The van der Waals surface area contributed by atoms with Gasteiger partial charge in [0, 0.05) is 5.56 Å². The molecule has 10 nitrogen and oxygen atoms in total. The third-order valence-electron chi connectivity index (χ3n) is 5.57. The summed E-state index contributed by atoms with van der Waals surface area (Å²) in [6.45, 7) is 6.45. The van der Waals surface area contributed by atoms with Gasteiger partial charge in [0.2, 0.25) is 6.79 Å². The zero-order chi connectivity index (χ0) is 27.0. The molecule has 0 bridgehead atoms. The van der Waals surface area contributed by atoms with Crippen LogP contribution < -0.4 is 9.03 Å². The zero-order valence-corrected chi connectivity index (χ0v) is 22.0. The minimum atomic E-state index is -1.98. The molecule has 2 atom stereocenters. The number of nitrogens with zero attached hydrogens (tertiary/aromatic N) is 2. The molecule has 0 aromatic heterocycles. The molecule has 2 N–H and O–H groups in total. The molecule has 12 heteroatoms. The van der Waals surface area contributed by atoms with Crippen LogP contribution in [0.4, 0.5) is 14.9 Å². The van der Waals surface area contributed by atoms with Crippen LogP contribution in [-0.2, 0) is 30.2 Å². The normalized spacial score (nSPS) is 16.2. The van der Waals surface area contributed by atoms with E-state index < -0.39 is 59.9 Å². The summed E-state index contributed by atoms with van der Waals surface area (Å²) >= 11 is -1.98. The van der Waals surface area contributed by atoms with Crippen LogP contribution in [0.25, 0.3) is 5.57 Å². The highest BCUT2D eigenvalue weighted by Gasteiger charge is 2.33. The van der Waals surface area contributed by atoms with Gasteiger partial charge in [0.1, 0.15) is 17.7 Å². The van der Waals surface area contributed by atoms with E-state index in [2.05, 4.69) is 4.72 Å². The molecule has 0 fully saturated rings. The van der Waals surface area contributed by atoms with Crippen LogP contribution in [0.3, 0.4) is 0 Å². The number of benzene rings is 1. The molecule has 0 saturated carbocycles. The maximum atomic E-state index is 15.7. The quantitative estimate of drug-likeness (QED) is 0.243. The highest BCUT2D eigenvalue weighted by molar-refractivity contribution is 7.84. The van der Waals surface area contributed by atoms with Gasteiger partial charge in [-0.15, -0.1) is 0 Å². The second kappa shape index (κ2) is 13.4. The van der Waals surface area contributed by atoms with Crippen LogP contribution in [0.1, 0.15) is 46.1 Å². The largest absolute Gasteiger partial charge is 0.506 e. The molecule has 36 heavy (non-hydrogen) atoms. The van der Waals surface area contributed by atoms with E-state index in [-0.39, 0.29) is 18.0 Å². The van der Waals surface area contributed by atoms with E-state index in [9.17, 15) is 23.7 Å². The lowest BCUT2D eigenvalue weighted by Crippen LogP contribution is -2.37. The number of amides is 1. The molecule has 2 rings (SSSR count). The SMILES string of the molecule is CNS(=O)N(CC=O)c1c(O)ccc(C2=CC(CCC(C)C)N(C(=O)OCOC(=O)C(C)C)C2)c1F. The maximum Gasteiger partial charge on any atom is 0.413 e. The molecule has 200 valence electrons. The Morgan fingerprint density at radius 1 is 1.31 bits per heavy atom. The Morgan fingerprint density at radius 3 is 2.58 bits per heavy atom. The van der Waals surface area contributed by atoms with Gasteiger partial charge in [-0.2, -0.15) is 0 Å². The van der Waals surface area contributed by atoms with E-state index in [4.69, 9.17) is 9.47 Å². The number of carbonyl (C=O) groups excluding carboxylic acids is 3. The molecule has 1 aromatic rings. The molecular weight excluding hydrogens is 493 g/mol. The Balaban J connectivity index is 2.35. The highest BCUT2D eigenvalue weighted by Crippen LogP contribution is 2.38. The molecule has 1 aliphatic rings. The van der Waals surface area contributed by atoms with Gasteiger partial charge >= 0.3 is 12.1 Å². The number of phenolic OH excluding ortho intramolecular Hbond substituents is 1. The number of esters is 1. The zero-order valence-electron chi connectivity index (χ0n) is 21.2. The standard InChI is InChI=1S/C24H34FN3O7S/c1-15(2)6-7-18-12-17(13-27(18)24(32)35-14-34-23(31)16(3)4)19-8-9-20(30)22(21(19)25)28(10-11-29)36(33)26-5/h8-9,11-12,15-16,18,26,30H,6-7,10,13-14H2,1-5H3. The summed E-state index contributed by atoms with van der Waals surface area (Å²) in [6.07, 6.45) is 2.86. The average molecular weight is 528 g/mol. The molecular formula is C24H34FN3O7S. The van der Waals surface area contributed by atoms with Gasteiger partial charge in [-0.25, -0.2) is 18.1 Å². The fourth-order valence-corrected chi connectivity index (χ4v) is 4.40. The van der Waals surface area contributed by atoms with Crippen molar-refractivity contribution in [2.45, 2.75) is 46.6 Å². The van der Waals surface area contributed by atoms with E-state index in [0.29, 0.717) is 24.2 Å². The van der Waals surface area contributed by atoms with E-state index >= 15 is 4.39 Å². The van der Waals surface area contributed by atoms with Crippen molar-refractivity contribution in [1.82, 2.24) is 9.62 Å².